The summed E-state index contributed by atoms with van der Waals surface area (Å²) in [6.45, 7) is 6.76. The van der Waals surface area contributed by atoms with E-state index in [-0.39, 0.29) is 11.3 Å². The lowest BCUT2D eigenvalue weighted by atomic mass is 9.69. The van der Waals surface area contributed by atoms with Crippen molar-refractivity contribution in [2.24, 2.45) is 28.9 Å². The molecule has 1 fully saturated rings. The number of nitrogens with two attached hydrogens (primary N) is 1. The number of carboxylic acids is 1. The standard InChI is InChI=1S/C22H32N2O4S/c1-4-22(2,3)12-9-10-15-16(11-12)29-20(17(15)18(23)25)24-19(26)13-7-5-6-8-14(13)21(27)28/h12-14H,4-11H2,1-3H3,(H2,23,25)(H,24,26)(H,27,28)/t12-,13+,14+/m1/s1. The Balaban J connectivity index is 1.86. The van der Waals surface area contributed by atoms with Gasteiger partial charge in [-0.15, -0.1) is 11.3 Å². The number of thiophene rings is 1. The zero-order valence-electron chi connectivity index (χ0n) is 17.5. The molecule has 4 N–H and O–H groups in total. The SMILES string of the molecule is CCC(C)(C)[C@@H]1CCc2c(sc(NC(=O)[C@H]3CCCC[C@@H]3C(=O)O)c2C(N)=O)C1. The van der Waals surface area contributed by atoms with Gasteiger partial charge in [-0.25, -0.2) is 0 Å². The molecule has 7 heteroatoms. The lowest BCUT2D eigenvalue weighted by Gasteiger charge is -2.36. The third-order valence-corrected chi connectivity index (χ3v) is 8.35. The topological polar surface area (TPSA) is 109 Å². The molecule has 3 atom stereocenters. The van der Waals surface area contributed by atoms with Crippen molar-refractivity contribution in [2.75, 3.05) is 5.32 Å². The largest absolute Gasteiger partial charge is 0.481 e. The summed E-state index contributed by atoms with van der Waals surface area (Å²) in [4.78, 5) is 37.8. The van der Waals surface area contributed by atoms with E-state index in [1.54, 1.807) is 0 Å². The minimum Gasteiger partial charge on any atom is -0.481 e. The highest BCUT2D eigenvalue weighted by Crippen LogP contribution is 2.45. The molecule has 0 saturated heterocycles. The average Bonchev–Trinajstić information content (AvgIpc) is 3.04. The van der Waals surface area contributed by atoms with Crippen LogP contribution in [0.2, 0.25) is 0 Å². The molecule has 29 heavy (non-hydrogen) atoms. The van der Waals surface area contributed by atoms with Crippen LogP contribution in [0, 0.1) is 23.2 Å². The van der Waals surface area contributed by atoms with Crippen molar-refractivity contribution < 1.29 is 19.5 Å². The van der Waals surface area contributed by atoms with E-state index in [0.29, 0.717) is 29.3 Å². The highest BCUT2D eigenvalue weighted by Gasteiger charge is 2.38. The number of primary amides is 1. The molecule has 1 saturated carbocycles. The van der Waals surface area contributed by atoms with Crippen molar-refractivity contribution in [2.45, 2.75) is 72.1 Å². The molecule has 0 unspecified atom stereocenters. The summed E-state index contributed by atoms with van der Waals surface area (Å²) in [5, 5.41) is 12.9. The van der Waals surface area contributed by atoms with Gasteiger partial charge in [0.05, 0.1) is 17.4 Å². The van der Waals surface area contributed by atoms with Crippen LogP contribution < -0.4 is 11.1 Å². The summed E-state index contributed by atoms with van der Waals surface area (Å²) in [5.74, 6) is -2.45. The highest BCUT2D eigenvalue weighted by molar-refractivity contribution is 7.17. The van der Waals surface area contributed by atoms with Crippen LogP contribution in [0.15, 0.2) is 0 Å². The van der Waals surface area contributed by atoms with E-state index < -0.39 is 23.7 Å². The summed E-state index contributed by atoms with van der Waals surface area (Å²) >= 11 is 1.44. The van der Waals surface area contributed by atoms with E-state index in [9.17, 15) is 19.5 Å². The van der Waals surface area contributed by atoms with Gasteiger partial charge < -0.3 is 16.2 Å². The van der Waals surface area contributed by atoms with Gasteiger partial charge in [0.25, 0.3) is 5.91 Å². The Hall–Kier alpha value is -1.89. The van der Waals surface area contributed by atoms with Crippen LogP contribution in [0.5, 0.6) is 0 Å². The van der Waals surface area contributed by atoms with Crippen LogP contribution in [0.1, 0.15) is 80.1 Å². The minimum atomic E-state index is -0.921. The summed E-state index contributed by atoms with van der Waals surface area (Å²) in [5.41, 5.74) is 7.30. The third-order valence-electron chi connectivity index (χ3n) is 7.18. The zero-order chi connectivity index (χ0) is 21.3. The van der Waals surface area contributed by atoms with Crippen LogP contribution in [0.4, 0.5) is 5.00 Å². The third kappa shape index (κ3) is 4.34. The summed E-state index contributed by atoms with van der Waals surface area (Å²) < 4.78 is 0. The van der Waals surface area contributed by atoms with Gasteiger partial charge in [0.1, 0.15) is 5.00 Å². The maximum Gasteiger partial charge on any atom is 0.307 e. The normalized spacial score (nSPS) is 24.6. The number of anilines is 1. The highest BCUT2D eigenvalue weighted by atomic mass is 32.1. The number of rotatable bonds is 6. The number of hydrogen-bond acceptors (Lipinski definition) is 4. The quantitative estimate of drug-likeness (QED) is 0.640. The van der Waals surface area contributed by atoms with Crippen molar-refractivity contribution in [3.05, 3.63) is 16.0 Å². The molecule has 2 amide bonds. The second kappa shape index (κ2) is 8.46. The van der Waals surface area contributed by atoms with Crippen LogP contribution in [0.25, 0.3) is 0 Å². The van der Waals surface area contributed by atoms with Crippen LogP contribution in [0.3, 0.4) is 0 Å². The maximum absolute atomic E-state index is 12.9. The fraction of sp³-hybridized carbons (Fsp3) is 0.682. The second-order valence-corrected chi connectivity index (χ2v) is 10.3. The van der Waals surface area contributed by atoms with E-state index >= 15 is 0 Å². The Morgan fingerprint density at radius 3 is 2.41 bits per heavy atom. The van der Waals surface area contributed by atoms with Crippen LogP contribution in [-0.2, 0) is 22.4 Å². The van der Waals surface area contributed by atoms with Gasteiger partial charge in [0.15, 0.2) is 0 Å². The predicted octanol–water partition coefficient (Wildman–Crippen LogP) is 4.22. The number of fused-ring (bicyclic) bond motifs is 1. The first kappa shape index (κ1) is 21.8. The van der Waals surface area contributed by atoms with Crippen molar-refractivity contribution in [3.63, 3.8) is 0 Å². The van der Waals surface area contributed by atoms with Gasteiger partial charge in [-0.1, -0.05) is 40.0 Å². The maximum atomic E-state index is 12.9. The first-order valence-corrected chi connectivity index (χ1v) is 11.4. The molecule has 0 aliphatic heterocycles. The van der Waals surface area contributed by atoms with Crippen molar-refractivity contribution >= 4 is 34.1 Å². The van der Waals surface area contributed by atoms with Gasteiger partial charge in [-0.05, 0) is 49.0 Å². The van der Waals surface area contributed by atoms with Gasteiger partial charge in [0.2, 0.25) is 5.91 Å². The van der Waals surface area contributed by atoms with E-state index in [0.717, 1.165) is 49.0 Å². The van der Waals surface area contributed by atoms with Crippen LogP contribution >= 0.6 is 11.3 Å². The Morgan fingerprint density at radius 2 is 1.83 bits per heavy atom. The molecular formula is C22H32N2O4S. The Bertz CT molecular complexity index is 814. The molecule has 0 radical (unpaired) electrons. The smallest absolute Gasteiger partial charge is 0.307 e. The van der Waals surface area contributed by atoms with Gasteiger partial charge in [0, 0.05) is 4.88 Å². The number of carboxylic acid groups (broad SMARTS) is 1. The van der Waals surface area contributed by atoms with E-state index in [2.05, 4.69) is 26.1 Å². The molecule has 0 aromatic carbocycles. The molecule has 0 bridgehead atoms. The first-order chi connectivity index (χ1) is 13.7. The summed E-state index contributed by atoms with van der Waals surface area (Å²) in [7, 11) is 0. The van der Waals surface area contributed by atoms with Gasteiger partial charge in [-0.2, -0.15) is 0 Å². The first-order valence-electron chi connectivity index (χ1n) is 10.6. The van der Waals surface area contributed by atoms with E-state index in [1.807, 2.05) is 0 Å². The van der Waals surface area contributed by atoms with E-state index in [4.69, 9.17) is 5.73 Å². The van der Waals surface area contributed by atoms with Crippen molar-refractivity contribution in [1.29, 1.82) is 0 Å². The molecule has 1 aromatic heterocycles. The number of carbonyl (C=O) groups is 3. The van der Waals surface area contributed by atoms with Gasteiger partial charge in [-0.3, -0.25) is 14.4 Å². The summed E-state index contributed by atoms with van der Waals surface area (Å²) in [6, 6.07) is 0. The number of aliphatic carboxylic acids is 1. The zero-order valence-corrected chi connectivity index (χ0v) is 18.4. The number of amides is 2. The molecule has 2 aliphatic rings. The fourth-order valence-corrected chi connectivity index (χ4v) is 6.17. The molecule has 3 rings (SSSR count). The van der Waals surface area contributed by atoms with Gasteiger partial charge >= 0.3 is 5.97 Å². The number of nitrogens with one attached hydrogen (secondary N) is 1. The lowest BCUT2D eigenvalue weighted by Crippen LogP contribution is -2.36. The molecule has 0 spiro atoms. The predicted molar refractivity (Wildman–Crippen MR) is 114 cm³/mol. The molecule has 160 valence electrons. The summed E-state index contributed by atoms with van der Waals surface area (Å²) in [6.07, 6.45) is 6.52. The number of hydrogen-bond donors (Lipinski definition) is 3. The Morgan fingerprint density at radius 1 is 1.17 bits per heavy atom. The monoisotopic (exact) mass is 420 g/mol. The van der Waals surface area contributed by atoms with E-state index in [1.165, 1.54) is 11.3 Å². The molecule has 1 heterocycles. The average molecular weight is 421 g/mol. The molecule has 6 nitrogen and oxygen atoms in total. The lowest BCUT2D eigenvalue weighted by molar-refractivity contribution is -0.147. The van der Waals surface area contributed by atoms with Crippen molar-refractivity contribution in [3.8, 4) is 0 Å². The fourth-order valence-electron chi connectivity index (χ4n) is 4.84. The molecular weight excluding hydrogens is 388 g/mol. The minimum absolute atomic E-state index is 0.217. The second-order valence-electron chi connectivity index (χ2n) is 9.18. The van der Waals surface area contributed by atoms with Crippen LogP contribution in [-0.4, -0.2) is 22.9 Å². The Labute approximate surface area is 176 Å². The molecule has 1 aromatic rings. The number of carbonyl (C=O) groups excluding carboxylic acids is 2. The van der Waals surface area contributed by atoms with Crippen molar-refractivity contribution in [1.82, 2.24) is 0 Å². The Kier molecular flexibility index (Phi) is 6.36. The molecule has 2 aliphatic carbocycles.